The van der Waals surface area contributed by atoms with E-state index in [0.717, 1.165) is 5.56 Å². The van der Waals surface area contributed by atoms with Crippen molar-refractivity contribution >= 4 is 17.5 Å². The van der Waals surface area contributed by atoms with Gasteiger partial charge >= 0.3 is 5.97 Å². The molecule has 0 spiro atoms. The third-order valence-electron chi connectivity index (χ3n) is 4.92. The van der Waals surface area contributed by atoms with Gasteiger partial charge in [0.05, 0.1) is 18.4 Å². The van der Waals surface area contributed by atoms with Crippen molar-refractivity contribution in [2.24, 2.45) is 0 Å². The first kappa shape index (κ1) is 24.1. The summed E-state index contributed by atoms with van der Waals surface area (Å²) < 4.78 is 22.7. The first-order chi connectivity index (χ1) is 15.9. The summed E-state index contributed by atoms with van der Waals surface area (Å²) in [6.45, 7) is 4.71. The number of nitrogens with zero attached hydrogens (tertiary/aromatic N) is 2. The molecule has 3 rings (SSSR count). The zero-order chi connectivity index (χ0) is 23.8. The Morgan fingerprint density at radius 3 is 2.39 bits per heavy atom. The quantitative estimate of drug-likeness (QED) is 0.386. The Hall–Kier alpha value is -3.56. The number of benzene rings is 2. The van der Waals surface area contributed by atoms with E-state index < -0.39 is 5.97 Å². The minimum Gasteiger partial charge on any atom is -0.477 e. The Kier molecular flexibility index (Phi) is 8.28. The van der Waals surface area contributed by atoms with Gasteiger partial charge in [-0.15, -0.1) is 0 Å². The summed E-state index contributed by atoms with van der Waals surface area (Å²) in [4.78, 5) is 12.1. The van der Waals surface area contributed by atoms with Crippen molar-refractivity contribution in [2.75, 3.05) is 33.1 Å². The molecule has 0 aliphatic rings. The van der Waals surface area contributed by atoms with Crippen molar-refractivity contribution < 1.29 is 28.8 Å². The van der Waals surface area contributed by atoms with E-state index in [0.29, 0.717) is 29.7 Å². The number of rotatable bonds is 12. The maximum absolute atomic E-state index is 12.1. The zero-order valence-electron chi connectivity index (χ0n) is 19.2. The van der Waals surface area contributed by atoms with Crippen molar-refractivity contribution in [1.82, 2.24) is 9.78 Å². The molecule has 33 heavy (non-hydrogen) atoms. The molecule has 0 unspecified atom stereocenters. The molecule has 0 fully saturated rings. The van der Waals surface area contributed by atoms with Gasteiger partial charge in [0.2, 0.25) is 0 Å². The second-order valence-corrected chi connectivity index (χ2v) is 7.65. The van der Waals surface area contributed by atoms with Crippen LogP contribution in [0.1, 0.15) is 41.3 Å². The fraction of sp³-hybridized carbons (Fsp3) is 0.333. The highest BCUT2D eigenvalue weighted by molar-refractivity contribution is 5.98. The molecule has 1 aromatic heterocycles. The molecule has 9 nitrogen and oxygen atoms in total. The molecule has 176 valence electrons. The van der Waals surface area contributed by atoms with Gasteiger partial charge in [0.25, 0.3) is 0 Å². The lowest BCUT2D eigenvalue weighted by Gasteiger charge is -2.17. The van der Waals surface area contributed by atoms with Crippen LogP contribution in [0.4, 0.5) is 11.5 Å². The van der Waals surface area contributed by atoms with Crippen LogP contribution >= 0.6 is 0 Å². The molecule has 0 saturated heterocycles. The maximum atomic E-state index is 12.1. The molecular weight excluding hydrogens is 426 g/mol. The second-order valence-electron chi connectivity index (χ2n) is 7.65. The van der Waals surface area contributed by atoms with E-state index >= 15 is 0 Å². The van der Waals surface area contributed by atoms with E-state index in [1.165, 1.54) is 25.8 Å². The van der Waals surface area contributed by atoms with Gasteiger partial charge in [-0.25, -0.2) is 9.48 Å². The first-order valence-corrected chi connectivity index (χ1v) is 10.5. The average molecular weight is 456 g/mol. The Labute approximate surface area is 192 Å². The number of carboxylic acid groups (broad SMARTS) is 1. The van der Waals surface area contributed by atoms with E-state index in [2.05, 4.69) is 48.5 Å². The van der Waals surface area contributed by atoms with Gasteiger partial charge in [-0.2, -0.15) is 5.10 Å². The SMILES string of the molecule is COCOc1cc(Nc2ccnn2Cc2ccc(C(C)C)cc2)c(C(=O)O)c(OCOC)c1. The zero-order valence-corrected chi connectivity index (χ0v) is 19.2. The van der Waals surface area contributed by atoms with Gasteiger partial charge in [-0.3, -0.25) is 0 Å². The third kappa shape index (κ3) is 6.24. The van der Waals surface area contributed by atoms with Gasteiger partial charge in [-0.1, -0.05) is 38.1 Å². The number of ether oxygens (including phenoxy) is 4. The minimum atomic E-state index is -1.16. The van der Waals surface area contributed by atoms with Crippen LogP contribution in [0, 0.1) is 0 Å². The van der Waals surface area contributed by atoms with Gasteiger partial charge < -0.3 is 29.4 Å². The molecule has 0 amide bonds. The molecule has 1 heterocycles. The van der Waals surface area contributed by atoms with Crippen LogP contribution < -0.4 is 14.8 Å². The Bertz CT molecular complexity index is 1060. The summed E-state index contributed by atoms with van der Waals surface area (Å²) >= 11 is 0. The topological polar surface area (TPSA) is 104 Å². The second kappa shape index (κ2) is 11.3. The highest BCUT2D eigenvalue weighted by Crippen LogP contribution is 2.35. The van der Waals surface area contributed by atoms with E-state index in [9.17, 15) is 9.90 Å². The highest BCUT2D eigenvalue weighted by atomic mass is 16.7. The van der Waals surface area contributed by atoms with Crippen molar-refractivity contribution in [3.05, 3.63) is 65.4 Å². The molecular formula is C24H29N3O6. The largest absolute Gasteiger partial charge is 0.477 e. The third-order valence-corrected chi connectivity index (χ3v) is 4.92. The number of methoxy groups -OCH3 is 2. The lowest BCUT2D eigenvalue weighted by Crippen LogP contribution is -2.12. The number of hydrogen-bond acceptors (Lipinski definition) is 7. The minimum absolute atomic E-state index is 0.000118. The summed E-state index contributed by atoms with van der Waals surface area (Å²) in [6.07, 6.45) is 1.65. The van der Waals surface area contributed by atoms with E-state index in [4.69, 9.17) is 18.9 Å². The smallest absolute Gasteiger partial charge is 0.341 e. The number of nitrogens with one attached hydrogen (secondary N) is 1. The molecule has 0 bridgehead atoms. The molecule has 2 N–H and O–H groups in total. The maximum Gasteiger partial charge on any atom is 0.341 e. The molecule has 0 atom stereocenters. The van der Waals surface area contributed by atoms with E-state index in [1.54, 1.807) is 23.0 Å². The Morgan fingerprint density at radius 1 is 1.06 bits per heavy atom. The lowest BCUT2D eigenvalue weighted by molar-refractivity contribution is 0.0446. The molecule has 0 saturated carbocycles. The van der Waals surface area contributed by atoms with Crippen LogP contribution in [0.25, 0.3) is 0 Å². The van der Waals surface area contributed by atoms with Gasteiger partial charge in [-0.05, 0) is 17.0 Å². The van der Waals surface area contributed by atoms with Crippen LogP contribution in [-0.4, -0.2) is 48.7 Å². The standard InChI is InChI=1S/C24H29N3O6/c1-16(2)18-7-5-17(6-8-18)13-27-22(9-10-25-27)26-20-11-19(32-14-30-3)12-21(33-15-31-4)23(20)24(28)29/h5-12,16,26H,13-15H2,1-4H3,(H,28,29). The molecule has 0 aliphatic heterocycles. The van der Waals surface area contributed by atoms with Crippen LogP contribution in [0.5, 0.6) is 11.5 Å². The lowest BCUT2D eigenvalue weighted by atomic mass is 10.0. The number of aromatic nitrogens is 2. The van der Waals surface area contributed by atoms with Gasteiger partial charge in [0.15, 0.2) is 13.6 Å². The van der Waals surface area contributed by atoms with Crippen molar-refractivity contribution in [2.45, 2.75) is 26.3 Å². The predicted molar refractivity (Wildman–Crippen MR) is 124 cm³/mol. The summed E-state index contributed by atoms with van der Waals surface area (Å²) in [7, 11) is 2.95. The Morgan fingerprint density at radius 2 is 1.76 bits per heavy atom. The van der Waals surface area contributed by atoms with Gasteiger partial charge in [0, 0.05) is 32.4 Å². The monoisotopic (exact) mass is 455 g/mol. The molecule has 9 heteroatoms. The van der Waals surface area contributed by atoms with Crippen molar-refractivity contribution in [3.8, 4) is 11.5 Å². The predicted octanol–water partition coefficient (Wildman–Crippen LogP) is 4.46. The molecule has 0 aliphatic carbocycles. The molecule has 3 aromatic rings. The van der Waals surface area contributed by atoms with Gasteiger partial charge in [0.1, 0.15) is 22.9 Å². The first-order valence-electron chi connectivity index (χ1n) is 10.5. The van der Waals surface area contributed by atoms with Crippen LogP contribution in [0.3, 0.4) is 0 Å². The summed E-state index contributed by atoms with van der Waals surface area (Å²) in [5.41, 5.74) is 2.58. The van der Waals surface area contributed by atoms with Crippen molar-refractivity contribution in [3.63, 3.8) is 0 Å². The average Bonchev–Trinajstić information content (AvgIpc) is 3.22. The fourth-order valence-electron chi connectivity index (χ4n) is 3.24. The fourth-order valence-corrected chi connectivity index (χ4v) is 3.24. The summed E-state index contributed by atoms with van der Waals surface area (Å²) in [6, 6.07) is 13.2. The normalized spacial score (nSPS) is 10.9. The Balaban J connectivity index is 1.92. The summed E-state index contributed by atoms with van der Waals surface area (Å²) in [5, 5.41) is 17.4. The van der Waals surface area contributed by atoms with Crippen LogP contribution in [-0.2, 0) is 16.0 Å². The van der Waals surface area contributed by atoms with Crippen LogP contribution in [0.2, 0.25) is 0 Å². The number of anilines is 2. The van der Waals surface area contributed by atoms with E-state index in [-0.39, 0.29) is 24.9 Å². The molecule has 2 aromatic carbocycles. The van der Waals surface area contributed by atoms with Crippen molar-refractivity contribution in [1.29, 1.82) is 0 Å². The van der Waals surface area contributed by atoms with Crippen LogP contribution in [0.15, 0.2) is 48.7 Å². The summed E-state index contributed by atoms with van der Waals surface area (Å²) in [5.74, 6) is 0.406. The number of carboxylic acids is 1. The van der Waals surface area contributed by atoms with E-state index in [1.807, 2.05) is 0 Å². The number of hydrogen-bond donors (Lipinski definition) is 2. The number of carbonyl (C=O) groups is 1. The molecule has 0 radical (unpaired) electrons. The number of aromatic carboxylic acids is 1. The highest BCUT2D eigenvalue weighted by Gasteiger charge is 2.21.